The number of fused-ring (bicyclic) bond motifs is 1. The summed E-state index contributed by atoms with van der Waals surface area (Å²) in [5, 5.41) is 5.79. The number of morpholine rings is 1. The second-order valence-corrected chi connectivity index (χ2v) is 10.6. The number of piperidine rings is 1. The van der Waals surface area contributed by atoms with Crippen molar-refractivity contribution in [3.63, 3.8) is 0 Å². The molecule has 2 aliphatic heterocycles. The van der Waals surface area contributed by atoms with Gasteiger partial charge in [-0.1, -0.05) is 54.6 Å². The van der Waals surface area contributed by atoms with Crippen LogP contribution in [-0.2, 0) is 22.5 Å². The summed E-state index contributed by atoms with van der Waals surface area (Å²) in [6.45, 7) is 7.37. The molecule has 1 N–H and O–H groups in total. The zero-order valence-corrected chi connectivity index (χ0v) is 22.6. The van der Waals surface area contributed by atoms with E-state index in [0.717, 1.165) is 70.9 Å². The summed E-state index contributed by atoms with van der Waals surface area (Å²) in [7, 11) is 1.67. The van der Waals surface area contributed by atoms with Crippen molar-refractivity contribution in [1.82, 2.24) is 15.1 Å². The molecule has 3 aromatic rings. The van der Waals surface area contributed by atoms with Crippen LogP contribution in [0.25, 0.3) is 10.8 Å². The molecule has 2 aliphatic rings. The average molecular weight is 516 g/mol. The third kappa shape index (κ3) is 6.93. The highest BCUT2D eigenvalue weighted by atomic mass is 16.5. The van der Waals surface area contributed by atoms with Gasteiger partial charge in [-0.2, -0.15) is 0 Å². The number of benzene rings is 3. The molecule has 0 aromatic heterocycles. The van der Waals surface area contributed by atoms with Crippen LogP contribution < -0.4 is 10.1 Å². The summed E-state index contributed by atoms with van der Waals surface area (Å²) in [6.07, 6.45) is 3.47. The zero-order valence-electron chi connectivity index (χ0n) is 22.6. The molecule has 0 radical (unpaired) electrons. The maximum absolute atomic E-state index is 12.8. The maximum Gasteiger partial charge on any atom is 0.220 e. The van der Waals surface area contributed by atoms with Gasteiger partial charge in [0.15, 0.2) is 0 Å². The SMILES string of the molecule is COc1ccc(CCNC(=O)CC[C@@H]2CN(Cc3cccc4ccccc34)CC[C@@H]2N2CCOCC2)cc1. The summed E-state index contributed by atoms with van der Waals surface area (Å²) >= 11 is 0. The van der Waals surface area contributed by atoms with E-state index in [1.165, 1.54) is 21.9 Å². The third-order valence-corrected chi connectivity index (χ3v) is 8.20. The average Bonchev–Trinajstić information content (AvgIpc) is 2.97. The Hall–Kier alpha value is -2.93. The first-order valence-electron chi connectivity index (χ1n) is 14.1. The lowest BCUT2D eigenvalue weighted by atomic mass is 9.86. The lowest BCUT2D eigenvalue weighted by Crippen LogP contribution is -2.54. The molecule has 6 heteroatoms. The molecular formula is C32H41N3O3. The number of ether oxygens (including phenoxy) is 2. The number of hydrogen-bond acceptors (Lipinski definition) is 5. The Balaban J connectivity index is 1.17. The molecule has 202 valence electrons. The van der Waals surface area contributed by atoms with Crippen molar-refractivity contribution in [2.24, 2.45) is 5.92 Å². The highest BCUT2D eigenvalue weighted by Crippen LogP contribution is 2.29. The van der Waals surface area contributed by atoms with Gasteiger partial charge in [-0.25, -0.2) is 0 Å². The van der Waals surface area contributed by atoms with E-state index < -0.39 is 0 Å². The number of methoxy groups -OCH3 is 1. The number of nitrogens with zero attached hydrogens (tertiary/aromatic N) is 2. The summed E-state index contributed by atoms with van der Waals surface area (Å²) in [5.41, 5.74) is 2.60. The Morgan fingerprint density at radius 2 is 1.79 bits per heavy atom. The minimum atomic E-state index is 0.158. The smallest absolute Gasteiger partial charge is 0.220 e. The van der Waals surface area contributed by atoms with E-state index in [9.17, 15) is 4.79 Å². The minimum Gasteiger partial charge on any atom is -0.497 e. The summed E-state index contributed by atoms with van der Waals surface area (Å²) in [4.78, 5) is 18.0. The van der Waals surface area contributed by atoms with Gasteiger partial charge in [0.2, 0.25) is 5.91 Å². The zero-order chi connectivity index (χ0) is 26.2. The van der Waals surface area contributed by atoms with E-state index in [4.69, 9.17) is 9.47 Å². The van der Waals surface area contributed by atoms with Crippen molar-refractivity contribution in [1.29, 1.82) is 0 Å². The number of hydrogen-bond donors (Lipinski definition) is 1. The Morgan fingerprint density at radius 3 is 2.61 bits per heavy atom. The van der Waals surface area contributed by atoms with Gasteiger partial charge in [0.25, 0.3) is 0 Å². The lowest BCUT2D eigenvalue weighted by Gasteiger charge is -2.45. The molecule has 2 saturated heterocycles. The van der Waals surface area contributed by atoms with E-state index in [0.29, 0.717) is 24.9 Å². The third-order valence-electron chi connectivity index (χ3n) is 8.20. The Labute approximate surface area is 226 Å². The molecule has 3 aromatic carbocycles. The largest absolute Gasteiger partial charge is 0.497 e. The Morgan fingerprint density at radius 1 is 1.00 bits per heavy atom. The number of nitrogens with one attached hydrogen (secondary N) is 1. The number of amides is 1. The van der Waals surface area contributed by atoms with Gasteiger partial charge in [-0.15, -0.1) is 0 Å². The van der Waals surface area contributed by atoms with E-state index in [1.807, 2.05) is 12.1 Å². The van der Waals surface area contributed by atoms with Crippen LogP contribution in [0.3, 0.4) is 0 Å². The van der Waals surface area contributed by atoms with Crippen LogP contribution in [0, 0.1) is 5.92 Å². The second kappa shape index (κ2) is 13.2. The standard InChI is InChI=1S/C32H41N3O3/c1-37-29-12-9-25(10-13-29)15-17-33-32(36)14-11-28-24-34(18-16-31(28)35-19-21-38-22-20-35)23-27-7-4-6-26-5-2-3-8-30(26)27/h2-10,12-13,28,31H,11,14-24H2,1H3,(H,33,36)/t28-,31+/m1/s1. The lowest BCUT2D eigenvalue weighted by molar-refractivity contribution is -0.121. The molecule has 38 heavy (non-hydrogen) atoms. The van der Waals surface area contributed by atoms with Gasteiger partial charge >= 0.3 is 0 Å². The van der Waals surface area contributed by atoms with E-state index in [2.05, 4.69) is 69.7 Å². The number of rotatable bonds is 10. The molecule has 6 nitrogen and oxygen atoms in total. The van der Waals surface area contributed by atoms with Gasteiger partial charge in [-0.3, -0.25) is 14.6 Å². The monoisotopic (exact) mass is 515 g/mol. The molecule has 1 amide bonds. The molecule has 0 unspecified atom stereocenters. The first kappa shape index (κ1) is 26.7. The predicted octanol–water partition coefficient (Wildman–Crippen LogP) is 4.51. The van der Waals surface area contributed by atoms with Crippen molar-refractivity contribution < 1.29 is 14.3 Å². The molecule has 2 atom stereocenters. The topological polar surface area (TPSA) is 54.0 Å². The highest BCUT2D eigenvalue weighted by molar-refractivity contribution is 5.85. The first-order chi connectivity index (χ1) is 18.7. The van der Waals surface area contributed by atoms with Crippen LogP contribution in [-0.4, -0.2) is 74.8 Å². The van der Waals surface area contributed by atoms with Gasteiger partial charge in [0.1, 0.15) is 5.75 Å². The van der Waals surface area contributed by atoms with Gasteiger partial charge in [0, 0.05) is 45.2 Å². The Bertz CT molecular complexity index is 1170. The van der Waals surface area contributed by atoms with Crippen molar-refractivity contribution in [3.05, 3.63) is 77.9 Å². The van der Waals surface area contributed by atoms with Gasteiger partial charge in [0.05, 0.1) is 20.3 Å². The predicted molar refractivity (Wildman–Crippen MR) is 152 cm³/mol. The van der Waals surface area contributed by atoms with Gasteiger partial charge in [-0.05, 0) is 65.8 Å². The molecule has 5 rings (SSSR count). The molecule has 0 saturated carbocycles. The van der Waals surface area contributed by atoms with Crippen LogP contribution >= 0.6 is 0 Å². The number of carbonyl (C=O) groups is 1. The van der Waals surface area contributed by atoms with Crippen LogP contribution in [0.15, 0.2) is 66.7 Å². The second-order valence-electron chi connectivity index (χ2n) is 10.6. The number of likely N-dealkylation sites (tertiary alicyclic amines) is 1. The molecular weight excluding hydrogens is 474 g/mol. The minimum absolute atomic E-state index is 0.158. The molecule has 2 heterocycles. The summed E-state index contributed by atoms with van der Waals surface area (Å²) in [6, 6.07) is 23.9. The van der Waals surface area contributed by atoms with Crippen LogP contribution in [0.5, 0.6) is 5.75 Å². The van der Waals surface area contributed by atoms with Crippen LogP contribution in [0.1, 0.15) is 30.4 Å². The van der Waals surface area contributed by atoms with Crippen molar-refractivity contribution in [2.75, 3.05) is 53.0 Å². The fourth-order valence-electron chi connectivity index (χ4n) is 6.13. The number of carbonyl (C=O) groups excluding carboxylic acids is 1. The molecule has 2 fully saturated rings. The molecule has 0 bridgehead atoms. The fraction of sp³-hybridized carbons (Fsp3) is 0.469. The van der Waals surface area contributed by atoms with Crippen LogP contribution in [0.4, 0.5) is 0 Å². The molecule has 0 aliphatic carbocycles. The Kier molecular flexibility index (Phi) is 9.28. The van der Waals surface area contributed by atoms with Crippen molar-refractivity contribution in [3.8, 4) is 5.75 Å². The van der Waals surface area contributed by atoms with Crippen molar-refractivity contribution in [2.45, 2.75) is 38.3 Å². The summed E-state index contributed by atoms with van der Waals surface area (Å²) in [5.74, 6) is 1.49. The highest BCUT2D eigenvalue weighted by Gasteiger charge is 2.34. The van der Waals surface area contributed by atoms with Crippen LogP contribution in [0.2, 0.25) is 0 Å². The van der Waals surface area contributed by atoms with E-state index in [-0.39, 0.29) is 5.91 Å². The fourth-order valence-corrected chi connectivity index (χ4v) is 6.13. The quantitative estimate of drug-likeness (QED) is 0.431. The molecule has 0 spiro atoms. The normalized spacial score (nSPS) is 20.9. The van der Waals surface area contributed by atoms with Gasteiger partial charge < -0.3 is 14.8 Å². The van der Waals surface area contributed by atoms with E-state index in [1.54, 1.807) is 7.11 Å². The first-order valence-corrected chi connectivity index (χ1v) is 14.1. The summed E-state index contributed by atoms with van der Waals surface area (Å²) < 4.78 is 10.9. The maximum atomic E-state index is 12.8. The van der Waals surface area contributed by atoms with Crippen molar-refractivity contribution >= 4 is 16.7 Å². The van der Waals surface area contributed by atoms with E-state index >= 15 is 0 Å².